The molecule has 1 saturated carbocycles. The number of halogens is 3. The molecule has 1 N–H and O–H groups in total. The Morgan fingerprint density at radius 3 is 2.38 bits per heavy atom. The number of likely N-dealkylation sites (tertiary alicyclic amines) is 1. The van der Waals surface area contributed by atoms with Crippen LogP contribution in [0.2, 0.25) is 0 Å². The Bertz CT molecular complexity index is 1620. The molecule has 4 aliphatic rings. The van der Waals surface area contributed by atoms with Gasteiger partial charge in [-0.2, -0.15) is 0 Å². The zero-order valence-corrected chi connectivity index (χ0v) is 24.9. The molecule has 218 valence electrons. The van der Waals surface area contributed by atoms with Gasteiger partial charge in [0.25, 0.3) is 17.5 Å². The molecule has 6 atom stereocenters. The Hall–Kier alpha value is -3.48. The summed E-state index contributed by atoms with van der Waals surface area (Å²) in [4.78, 5) is 63.6. The number of benzene rings is 2. The van der Waals surface area contributed by atoms with Crippen molar-refractivity contribution in [1.82, 2.24) is 4.90 Å². The first-order valence-electron chi connectivity index (χ1n) is 12.9. The number of nitro benzene ring substituents is 1. The van der Waals surface area contributed by atoms with Crippen molar-refractivity contribution in [2.24, 2.45) is 17.8 Å². The molecule has 2 aromatic rings. The normalized spacial score (nSPS) is 32.0. The molecule has 6 rings (SSSR count). The highest BCUT2D eigenvalue weighted by Gasteiger charge is 2.76. The number of ether oxygens (including phenoxy) is 1. The summed E-state index contributed by atoms with van der Waals surface area (Å²) in [6, 6.07) is 9.59. The molecular formula is C28H22BrCl2N3O8. The lowest BCUT2D eigenvalue weighted by Crippen LogP contribution is -2.60. The molecule has 4 amide bonds. The largest absolute Gasteiger partial charge is 0.508 e. The number of alkyl halides is 3. The van der Waals surface area contributed by atoms with Crippen molar-refractivity contribution in [2.75, 3.05) is 17.5 Å². The van der Waals surface area contributed by atoms with Crippen LogP contribution < -0.4 is 9.64 Å². The number of carbonyl (C=O) groups is 4. The quantitative estimate of drug-likeness (QED) is 0.123. The Balaban J connectivity index is 1.52. The van der Waals surface area contributed by atoms with Gasteiger partial charge in [-0.1, -0.05) is 33.6 Å². The number of phenols is 1. The van der Waals surface area contributed by atoms with E-state index in [1.54, 1.807) is 18.2 Å². The maximum absolute atomic E-state index is 14.0. The van der Waals surface area contributed by atoms with Crippen LogP contribution in [0.15, 0.2) is 54.1 Å². The fourth-order valence-electron chi connectivity index (χ4n) is 7.05. The van der Waals surface area contributed by atoms with Gasteiger partial charge >= 0.3 is 0 Å². The summed E-state index contributed by atoms with van der Waals surface area (Å²) < 4.78 is 5.54. The number of nitrogens with zero attached hydrogens (tertiary/aromatic N) is 3. The van der Waals surface area contributed by atoms with E-state index in [0.29, 0.717) is 5.57 Å². The Morgan fingerprint density at radius 1 is 1.07 bits per heavy atom. The summed E-state index contributed by atoms with van der Waals surface area (Å²) >= 11 is 17.5. The third-order valence-corrected chi connectivity index (χ3v) is 10.8. The second-order valence-electron chi connectivity index (χ2n) is 10.7. The lowest BCUT2D eigenvalue weighted by atomic mass is 9.56. The Kier molecular flexibility index (Phi) is 6.67. The number of hydrogen-bond donors (Lipinski definition) is 1. The van der Waals surface area contributed by atoms with E-state index in [2.05, 4.69) is 15.9 Å². The molecule has 42 heavy (non-hydrogen) atoms. The number of methoxy groups -OCH3 is 1. The molecule has 0 spiro atoms. The SMILES string of the molecule is COc1cccc(O)c1[C@H]1C2=CC[C@@H]3C(=O)N(c4ccc([N+](=O)[O-])cc4)C(=O)[C@@H]3[C@@H]2C[C@@]2(Cl)C(=O)N(CBr)C(=O)[C@@]12Cl. The van der Waals surface area contributed by atoms with E-state index in [4.69, 9.17) is 27.9 Å². The van der Waals surface area contributed by atoms with Crippen molar-refractivity contribution in [3.8, 4) is 11.5 Å². The molecule has 3 fully saturated rings. The second kappa shape index (κ2) is 9.78. The van der Waals surface area contributed by atoms with Crippen LogP contribution in [0.4, 0.5) is 11.4 Å². The summed E-state index contributed by atoms with van der Waals surface area (Å²) in [7, 11) is 1.38. The van der Waals surface area contributed by atoms with Gasteiger partial charge in [0.15, 0.2) is 9.75 Å². The predicted molar refractivity (Wildman–Crippen MR) is 154 cm³/mol. The zero-order chi connectivity index (χ0) is 30.3. The van der Waals surface area contributed by atoms with Crippen molar-refractivity contribution in [2.45, 2.75) is 28.5 Å². The summed E-state index contributed by atoms with van der Waals surface area (Å²) in [5, 5.41) is 22.2. The zero-order valence-electron chi connectivity index (χ0n) is 21.8. The van der Waals surface area contributed by atoms with Crippen molar-refractivity contribution in [1.29, 1.82) is 0 Å². The Morgan fingerprint density at radius 2 is 1.76 bits per heavy atom. The highest BCUT2D eigenvalue weighted by Crippen LogP contribution is 2.67. The van der Waals surface area contributed by atoms with Crippen LogP contribution in [-0.4, -0.2) is 60.9 Å². The number of amides is 4. The fraction of sp³-hybridized carbons (Fsp3) is 0.357. The number of rotatable bonds is 5. The second-order valence-corrected chi connectivity index (χ2v) is 12.4. The number of non-ortho nitro benzene ring substituents is 1. The van der Waals surface area contributed by atoms with Crippen LogP contribution in [0.25, 0.3) is 0 Å². The average Bonchev–Trinajstić information content (AvgIpc) is 3.31. The first-order chi connectivity index (χ1) is 19.9. The number of carbonyl (C=O) groups excluding carboxylic acids is 4. The van der Waals surface area contributed by atoms with Crippen molar-refractivity contribution in [3.05, 3.63) is 69.8 Å². The maximum atomic E-state index is 14.0. The summed E-state index contributed by atoms with van der Waals surface area (Å²) in [5.74, 6) is -6.41. The summed E-state index contributed by atoms with van der Waals surface area (Å²) in [6.45, 7) is 0. The van der Waals surface area contributed by atoms with Crippen LogP contribution in [-0.2, 0) is 19.2 Å². The molecule has 0 bridgehead atoms. The lowest BCUT2D eigenvalue weighted by Gasteiger charge is -2.50. The van der Waals surface area contributed by atoms with Gasteiger partial charge in [-0.3, -0.25) is 39.1 Å². The number of aromatic hydroxyl groups is 1. The van der Waals surface area contributed by atoms with Gasteiger partial charge in [-0.05, 0) is 43.0 Å². The fourth-order valence-corrected chi connectivity index (χ4v) is 8.46. The first kappa shape index (κ1) is 28.6. The van der Waals surface area contributed by atoms with E-state index in [1.165, 1.54) is 37.4 Å². The van der Waals surface area contributed by atoms with Crippen LogP contribution >= 0.6 is 39.1 Å². The van der Waals surface area contributed by atoms with Crippen LogP contribution in [0.3, 0.4) is 0 Å². The predicted octanol–water partition coefficient (Wildman–Crippen LogP) is 4.22. The molecular weight excluding hydrogens is 657 g/mol. The smallest absolute Gasteiger partial charge is 0.269 e. The van der Waals surface area contributed by atoms with Crippen LogP contribution in [0.5, 0.6) is 11.5 Å². The standard InChI is InChI=1S/C28H22BrCl2N3O8/c1-42-19-4-2-3-18(35)21(19)22-15-9-10-16-20(17(15)11-27(30)25(38)32(12-29)26(39)28(22,27)31)24(37)33(23(16)36)13-5-7-14(8-6-13)34(40)41/h2-9,16-17,20,22,35H,10-12H2,1H3/t16-,17+,20-,22+,27+,28-/m0/s1. The molecule has 11 nitrogen and oxygen atoms in total. The van der Waals surface area contributed by atoms with E-state index >= 15 is 0 Å². The number of hydrogen-bond acceptors (Lipinski definition) is 8. The van der Waals surface area contributed by atoms with Gasteiger partial charge in [0.05, 0.1) is 35.0 Å². The molecule has 14 heteroatoms. The molecule has 2 aliphatic heterocycles. The van der Waals surface area contributed by atoms with E-state index in [1.807, 2.05) is 0 Å². The average molecular weight is 679 g/mol. The van der Waals surface area contributed by atoms with E-state index in [0.717, 1.165) is 9.80 Å². The molecule has 0 radical (unpaired) electrons. The van der Waals surface area contributed by atoms with Gasteiger partial charge in [0.1, 0.15) is 11.5 Å². The molecule has 0 unspecified atom stereocenters. The summed E-state index contributed by atoms with van der Waals surface area (Å²) in [6.07, 6.45) is 1.63. The number of fused-ring (bicyclic) bond motifs is 4. The van der Waals surface area contributed by atoms with Crippen molar-refractivity contribution in [3.63, 3.8) is 0 Å². The minimum atomic E-state index is -2.09. The summed E-state index contributed by atoms with van der Waals surface area (Å²) in [5.41, 5.74) is 0.419. The van der Waals surface area contributed by atoms with Gasteiger partial charge in [0.2, 0.25) is 11.8 Å². The first-order valence-corrected chi connectivity index (χ1v) is 14.8. The molecule has 2 aliphatic carbocycles. The molecule has 2 saturated heterocycles. The third kappa shape index (κ3) is 3.58. The minimum absolute atomic E-state index is 0.115. The lowest BCUT2D eigenvalue weighted by molar-refractivity contribution is -0.384. The maximum Gasteiger partial charge on any atom is 0.269 e. The van der Waals surface area contributed by atoms with E-state index < -0.39 is 62.0 Å². The molecule has 0 aromatic heterocycles. The van der Waals surface area contributed by atoms with E-state index in [-0.39, 0.29) is 46.7 Å². The van der Waals surface area contributed by atoms with Gasteiger partial charge in [0, 0.05) is 23.6 Å². The highest BCUT2D eigenvalue weighted by atomic mass is 79.9. The topological polar surface area (TPSA) is 147 Å². The number of phenolic OH excluding ortho intramolecular Hbond substituents is 1. The van der Waals surface area contributed by atoms with Crippen molar-refractivity contribution >= 4 is 74.1 Å². The Labute approximate surface area is 257 Å². The van der Waals surface area contributed by atoms with Gasteiger partial charge < -0.3 is 9.84 Å². The van der Waals surface area contributed by atoms with E-state index in [9.17, 15) is 34.4 Å². The van der Waals surface area contributed by atoms with Crippen molar-refractivity contribution < 1.29 is 33.9 Å². The monoisotopic (exact) mass is 677 g/mol. The number of nitro groups is 1. The molecule has 2 aromatic carbocycles. The van der Waals surface area contributed by atoms with Crippen LogP contribution in [0, 0.1) is 27.9 Å². The van der Waals surface area contributed by atoms with Gasteiger partial charge in [-0.15, -0.1) is 23.2 Å². The number of imide groups is 2. The van der Waals surface area contributed by atoms with Gasteiger partial charge in [-0.25, -0.2) is 0 Å². The number of allylic oxidation sites excluding steroid dienone is 2. The number of anilines is 1. The van der Waals surface area contributed by atoms with Crippen LogP contribution in [0.1, 0.15) is 24.3 Å². The molecule has 2 heterocycles. The highest BCUT2D eigenvalue weighted by molar-refractivity contribution is 9.09. The third-order valence-electron chi connectivity index (χ3n) is 8.89. The minimum Gasteiger partial charge on any atom is -0.508 e.